The molecule has 5 rings (SSSR count). The molecule has 3 aromatic carbocycles. The molecule has 0 atom stereocenters. The fourth-order valence-corrected chi connectivity index (χ4v) is 4.90. The van der Waals surface area contributed by atoms with Crippen LogP contribution in [-0.2, 0) is 13.0 Å². The highest BCUT2D eigenvalue weighted by molar-refractivity contribution is 9.10. The van der Waals surface area contributed by atoms with Crippen LogP contribution < -0.4 is 18.9 Å². The van der Waals surface area contributed by atoms with Gasteiger partial charge in [0.1, 0.15) is 18.2 Å². The first-order valence-corrected chi connectivity index (χ1v) is 12.2. The molecule has 0 bridgehead atoms. The van der Waals surface area contributed by atoms with Gasteiger partial charge in [0.05, 0.1) is 19.8 Å². The van der Waals surface area contributed by atoms with Gasteiger partial charge in [-0.1, -0.05) is 40.2 Å². The van der Waals surface area contributed by atoms with Crippen LogP contribution in [0.1, 0.15) is 32.6 Å². The van der Waals surface area contributed by atoms with E-state index >= 15 is 0 Å². The van der Waals surface area contributed by atoms with Gasteiger partial charge in [-0.15, -0.1) is 0 Å². The van der Waals surface area contributed by atoms with Crippen LogP contribution in [0, 0.1) is 6.92 Å². The number of fused-ring (bicyclic) bond motifs is 2. The lowest BCUT2D eigenvalue weighted by atomic mass is 10.00. The fourth-order valence-electron chi connectivity index (χ4n) is 4.50. The predicted octanol–water partition coefficient (Wildman–Crippen LogP) is 5.79. The lowest BCUT2D eigenvalue weighted by molar-refractivity contribution is 0.0953. The van der Waals surface area contributed by atoms with Gasteiger partial charge in [-0.05, 0) is 54.8 Å². The van der Waals surface area contributed by atoms with Crippen LogP contribution in [0.3, 0.4) is 0 Å². The number of ether oxygens (including phenoxy) is 4. The van der Waals surface area contributed by atoms with Crippen LogP contribution >= 0.6 is 15.9 Å². The van der Waals surface area contributed by atoms with Crippen molar-refractivity contribution in [2.75, 3.05) is 27.5 Å². The average molecular weight is 536 g/mol. The maximum atomic E-state index is 13.2. The van der Waals surface area contributed by atoms with E-state index in [1.165, 1.54) is 0 Å². The van der Waals surface area contributed by atoms with Crippen LogP contribution in [0.2, 0.25) is 0 Å². The van der Waals surface area contributed by atoms with E-state index in [1.807, 2.05) is 55.5 Å². The van der Waals surface area contributed by atoms with Gasteiger partial charge < -0.3 is 18.9 Å². The molecule has 0 saturated heterocycles. The van der Waals surface area contributed by atoms with Gasteiger partial charge in [-0.3, -0.25) is 9.69 Å². The topological polar surface area (TPSA) is 57.2 Å². The Morgan fingerprint density at radius 1 is 1.06 bits per heavy atom. The number of halogens is 1. The Morgan fingerprint density at radius 2 is 1.86 bits per heavy atom. The molecule has 7 heteroatoms. The van der Waals surface area contributed by atoms with Gasteiger partial charge in [-0.25, -0.2) is 0 Å². The molecule has 180 valence electrons. The van der Waals surface area contributed by atoms with Crippen molar-refractivity contribution in [2.45, 2.75) is 19.9 Å². The van der Waals surface area contributed by atoms with Gasteiger partial charge in [0, 0.05) is 28.7 Å². The predicted molar refractivity (Wildman–Crippen MR) is 137 cm³/mol. The van der Waals surface area contributed by atoms with Crippen molar-refractivity contribution in [3.05, 3.63) is 86.6 Å². The number of carbonyl (C=O) groups is 1. The third-order valence-electron chi connectivity index (χ3n) is 6.36. The number of methoxy groups -OCH3 is 2. The highest BCUT2D eigenvalue weighted by Gasteiger charge is 2.33. The van der Waals surface area contributed by atoms with E-state index in [0.29, 0.717) is 30.3 Å². The molecule has 0 fully saturated rings. The SMILES string of the molecule is COc1ccc(CCN2COc3c(cc4c(c3C)O/C(=C\c3ccccc3Br)C4=O)C2)cc1OC. The molecule has 2 aliphatic rings. The number of rotatable bonds is 6. The first-order chi connectivity index (χ1) is 17.0. The fraction of sp³-hybridized carbons (Fsp3) is 0.250. The van der Waals surface area contributed by atoms with Crippen LogP contribution in [-0.4, -0.2) is 38.2 Å². The number of Topliss-reactive ketones (excluding diaryl/α,β-unsaturated/α-hetero) is 1. The van der Waals surface area contributed by atoms with Crippen LogP contribution in [0.25, 0.3) is 6.08 Å². The van der Waals surface area contributed by atoms with Crippen molar-refractivity contribution >= 4 is 27.8 Å². The first-order valence-electron chi connectivity index (χ1n) is 11.4. The van der Waals surface area contributed by atoms with Crippen molar-refractivity contribution in [3.8, 4) is 23.0 Å². The van der Waals surface area contributed by atoms with E-state index in [9.17, 15) is 4.79 Å². The standard InChI is InChI=1S/C28H26BrNO5/c1-17-27-20(13-21-26(31)25(35-28(17)21)14-19-6-4-5-7-22(19)29)15-30(16-34-27)11-10-18-8-9-23(32-2)24(12-18)33-3/h4-9,12-14H,10-11,15-16H2,1-3H3/b25-14-. The number of hydrogen-bond donors (Lipinski definition) is 0. The quantitative estimate of drug-likeness (QED) is 0.372. The normalized spacial score (nSPS) is 15.9. The van der Waals surface area contributed by atoms with Crippen molar-refractivity contribution in [3.63, 3.8) is 0 Å². The number of ketones is 1. The molecule has 0 radical (unpaired) electrons. The van der Waals surface area contributed by atoms with E-state index in [2.05, 4.69) is 20.8 Å². The maximum Gasteiger partial charge on any atom is 0.231 e. The molecule has 2 aliphatic heterocycles. The molecule has 0 aromatic heterocycles. The van der Waals surface area contributed by atoms with Crippen LogP contribution in [0.5, 0.6) is 23.0 Å². The molecule has 0 N–H and O–H groups in total. The molecule has 0 aliphatic carbocycles. The zero-order chi connectivity index (χ0) is 24.5. The average Bonchev–Trinajstić information content (AvgIpc) is 3.19. The summed E-state index contributed by atoms with van der Waals surface area (Å²) in [5.41, 5.74) is 4.50. The minimum absolute atomic E-state index is 0.107. The maximum absolute atomic E-state index is 13.2. The van der Waals surface area contributed by atoms with Crippen molar-refractivity contribution in [1.82, 2.24) is 4.90 Å². The van der Waals surface area contributed by atoms with Crippen LogP contribution in [0.4, 0.5) is 0 Å². The number of benzene rings is 3. The smallest absolute Gasteiger partial charge is 0.231 e. The Labute approximate surface area is 213 Å². The second-order valence-electron chi connectivity index (χ2n) is 8.59. The molecule has 2 heterocycles. The zero-order valence-corrected chi connectivity index (χ0v) is 21.5. The highest BCUT2D eigenvalue weighted by Crippen LogP contribution is 2.43. The lowest BCUT2D eigenvalue weighted by Crippen LogP contribution is -2.34. The van der Waals surface area contributed by atoms with Gasteiger partial charge in [0.2, 0.25) is 5.78 Å². The highest BCUT2D eigenvalue weighted by atomic mass is 79.9. The summed E-state index contributed by atoms with van der Waals surface area (Å²) >= 11 is 3.53. The Bertz CT molecular complexity index is 1330. The molecular formula is C28H26BrNO5. The monoisotopic (exact) mass is 535 g/mol. The van der Waals surface area contributed by atoms with E-state index < -0.39 is 0 Å². The van der Waals surface area contributed by atoms with Gasteiger partial charge in [0.15, 0.2) is 17.3 Å². The molecule has 0 amide bonds. The Morgan fingerprint density at radius 3 is 2.63 bits per heavy atom. The Hall–Kier alpha value is -3.29. The van der Waals surface area contributed by atoms with Gasteiger partial charge in [0.25, 0.3) is 0 Å². The molecule has 3 aromatic rings. The largest absolute Gasteiger partial charge is 0.493 e. The van der Waals surface area contributed by atoms with Crippen molar-refractivity contribution in [1.29, 1.82) is 0 Å². The summed E-state index contributed by atoms with van der Waals surface area (Å²) in [5.74, 6) is 3.05. The molecule has 6 nitrogen and oxygen atoms in total. The third kappa shape index (κ3) is 4.54. The Balaban J connectivity index is 1.33. The molecular weight excluding hydrogens is 510 g/mol. The number of hydrogen-bond acceptors (Lipinski definition) is 6. The summed E-state index contributed by atoms with van der Waals surface area (Å²) in [6.45, 7) is 3.94. The minimum Gasteiger partial charge on any atom is -0.493 e. The molecule has 0 unspecified atom stereocenters. The summed E-state index contributed by atoms with van der Waals surface area (Å²) in [7, 11) is 3.27. The molecule has 0 saturated carbocycles. The second kappa shape index (κ2) is 9.76. The van der Waals surface area contributed by atoms with E-state index in [-0.39, 0.29) is 5.78 Å². The number of carbonyl (C=O) groups excluding carboxylic acids is 1. The zero-order valence-electron chi connectivity index (χ0n) is 19.9. The summed E-state index contributed by atoms with van der Waals surface area (Å²) in [6, 6.07) is 15.6. The van der Waals surface area contributed by atoms with Gasteiger partial charge in [-0.2, -0.15) is 0 Å². The summed E-state index contributed by atoms with van der Waals surface area (Å²) in [4.78, 5) is 15.4. The van der Waals surface area contributed by atoms with Crippen molar-refractivity contribution < 1.29 is 23.7 Å². The Kier molecular flexibility index (Phi) is 6.54. The number of allylic oxidation sites excluding steroid dienone is 1. The summed E-state index contributed by atoms with van der Waals surface area (Å²) in [5, 5.41) is 0. The second-order valence-corrected chi connectivity index (χ2v) is 9.45. The summed E-state index contributed by atoms with van der Waals surface area (Å²) < 4.78 is 23.8. The van der Waals surface area contributed by atoms with Crippen LogP contribution in [0.15, 0.2) is 58.8 Å². The molecule has 0 spiro atoms. The summed E-state index contributed by atoms with van der Waals surface area (Å²) in [6.07, 6.45) is 2.62. The van der Waals surface area contributed by atoms with Gasteiger partial charge >= 0.3 is 0 Å². The lowest BCUT2D eigenvalue weighted by Gasteiger charge is -2.30. The molecule has 35 heavy (non-hydrogen) atoms. The third-order valence-corrected chi connectivity index (χ3v) is 7.08. The van der Waals surface area contributed by atoms with Crippen molar-refractivity contribution in [2.24, 2.45) is 0 Å². The number of nitrogens with zero attached hydrogens (tertiary/aromatic N) is 1. The first kappa shape index (κ1) is 23.5. The van der Waals surface area contributed by atoms with E-state index in [1.54, 1.807) is 20.3 Å². The minimum atomic E-state index is -0.107. The van der Waals surface area contributed by atoms with E-state index in [4.69, 9.17) is 18.9 Å². The van der Waals surface area contributed by atoms with E-state index in [0.717, 1.165) is 56.9 Å².